The van der Waals surface area contributed by atoms with Gasteiger partial charge in [0.1, 0.15) is 19.3 Å². The molecule has 19 heteroatoms. The lowest BCUT2D eigenvalue weighted by atomic mass is 9.99. The van der Waals surface area contributed by atoms with E-state index in [9.17, 15) is 43.2 Å². The fourth-order valence-corrected chi connectivity index (χ4v) is 15.9. The van der Waals surface area contributed by atoms with Gasteiger partial charge in [0.2, 0.25) is 0 Å². The van der Waals surface area contributed by atoms with Gasteiger partial charge in [0.25, 0.3) is 0 Å². The van der Waals surface area contributed by atoms with E-state index in [0.29, 0.717) is 25.7 Å². The van der Waals surface area contributed by atoms with E-state index in [4.69, 9.17) is 37.0 Å². The zero-order valence-electron chi connectivity index (χ0n) is 72.4. The molecule has 0 aliphatic heterocycles. The third-order valence-corrected chi connectivity index (χ3v) is 23.8. The van der Waals surface area contributed by atoms with Crippen molar-refractivity contribution in [3.05, 3.63) is 0 Å². The number of unbranched alkanes of at least 4 members (excludes halogenated alkanes) is 62. The van der Waals surface area contributed by atoms with Crippen LogP contribution in [0.2, 0.25) is 0 Å². The van der Waals surface area contributed by atoms with Crippen LogP contribution in [0.1, 0.15) is 497 Å². The maximum atomic E-state index is 13.2. The van der Waals surface area contributed by atoms with Crippen LogP contribution in [0.4, 0.5) is 0 Å². The standard InChI is InChI=1S/C91H178O17P2/c1-6-10-13-16-19-22-24-26-28-30-32-34-38-42-46-50-55-60-65-70-75-89(94)102-81-87(108-91(96)77-72-67-62-57-52-48-44-40-36-35-37-41-45-49-54-58-63-68-73-84(5)9-4)83-106-110(99,100)104-79-85(92)78-103-109(97,98)105-82-86(80-101-88(93)74-69-64-59-53-21-18-15-12-8-3)107-90(95)76-71-66-61-56-51-47-43-39-33-31-29-27-25-23-20-17-14-11-7-2/h84-87,92H,6-83H2,1-5H3,(H,97,98)(H,99,100)/t84?,85-,86+,87+/m0/s1. The smallest absolute Gasteiger partial charge is 0.462 e. The normalized spacial score (nSPS) is 13.9. The fraction of sp³-hybridized carbons (Fsp3) is 0.956. The summed E-state index contributed by atoms with van der Waals surface area (Å²) in [5, 5.41) is 10.7. The molecule has 0 aromatic heterocycles. The third-order valence-electron chi connectivity index (χ3n) is 21.9. The number of hydrogen-bond acceptors (Lipinski definition) is 15. The summed E-state index contributed by atoms with van der Waals surface area (Å²) in [5.41, 5.74) is 0. The Morgan fingerprint density at radius 1 is 0.255 bits per heavy atom. The van der Waals surface area contributed by atoms with Gasteiger partial charge in [-0.15, -0.1) is 0 Å². The molecular weight excluding hydrogens is 1430 g/mol. The molecular formula is C91H178O17P2. The van der Waals surface area contributed by atoms with Gasteiger partial charge in [-0.1, -0.05) is 446 Å². The predicted octanol–water partition coefficient (Wildman–Crippen LogP) is 28.3. The van der Waals surface area contributed by atoms with Gasteiger partial charge in [-0.2, -0.15) is 0 Å². The Balaban J connectivity index is 5.19. The molecule has 0 bridgehead atoms. The number of hydrogen-bond donors (Lipinski definition) is 3. The quantitative estimate of drug-likeness (QED) is 0.0222. The summed E-state index contributed by atoms with van der Waals surface area (Å²) >= 11 is 0. The Morgan fingerprint density at radius 3 is 0.645 bits per heavy atom. The molecule has 110 heavy (non-hydrogen) atoms. The molecule has 0 aliphatic carbocycles. The van der Waals surface area contributed by atoms with E-state index in [1.165, 1.54) is 321 Å². The topological polar surface area (TPSA) is 237 Å². The van der Waals surface area contributed by atoms with Gasteiger partial charge in [-0.25, -0.2) is 9.13 Å². The van der Waals surface area contributed by atoms with Crippen LogP contribution in [0.3, 0.4) is 0 Å². The number of carbonyl (C=O) groups is 4. The Hall–Kier alpha value is -1.94. The second-order valence-corrected chi connectivity index (χ2v) is 35.8. The minimum atomic E-state index is -4.97. The SMILES string of the molecule is CCCCCCCCCCCCCCCCCCCCCCC(=O)OC[C@H](COP(=O)(O)OC[C@@H](O)COP(=O)(O)OC[C@@H](COC(=O)CCCCCCCCCCC)OC(=O)CCCCCCCCCCCCCCCCCCCCC)OC(=O)CCCCCCCCCCCCCCCCCCCCC(C)CC. The molecule has 3 N–H and O–H groups in total. The highest BCUT2D eigenvalue weighted by Gasteiger charge is 2.31. The summed E-state index contributed by atoms with van der Waals surface area (Å²) < 4.78 is 69.0. The molecule has 0 aromatic carbocycles. The Labute approximate surface area is 677 Å². The third kappa shape index (κ3) is 82.6. The van der Waals surface area contributed by atoms with Gasteiger partial charge >= 0.3 is 39.5 Å². The molecule has 0 saturated heterocycles. The molecule has 0 amide bonds. The van der Waals surface area contributed by atoms with E-state index in [-0.39, 0.29) is 25.7 Å². The van der Waals surface area contributed by atoms with Gasteiger partial charge in [0.05, 0.1) is 26.4 Å². The Kier molecular flexibility index (Phi) is 82.1. The van der Waals surface area contributed by atoms with E-state index in [0.717, 1.165) is 95.8 Å². The molecule has 0 saturated carbocycles. The molecule has 0 aliphatic rings. The molecule has 6 atom stereocenters. The predicted molar refractivity (Wildman–Crippen MR) is 455 cm³/mol. The number of rotatable bonds is 91. The first-order valence-electron chi connectivity index (χ1n) is 47.2. The van der Waals surface area contributed by atoms with Crippen molar-refractivity contribution in [2.45, 2.75) is 515 Å². The summed E-state index contributed by atoms with van der Waals surface area (Å²) in [5.74, 6) is -1.22. The first-order valence-corrected chi connectivity index (χ1v) is 50.2. The van der Waals surface area contributed by atoms with Crippen molar-refractivity contribution in [3.63, 3.8) is 0 Å². The molecule has 0 fully saturated rings. The lowest BCUT2D eigenvalue weighted by Crippen LogP contribution is -2.30. The van der Waals surface area contributed by atoms with E-state index >= 15 is 0 Å². The number of ether oxygens (including phenoxy) is 4. The number of phosphoric acid groups is 2. The van der Waals surface area contributed by atoms with Crippen LogP contribution < -0.4 is 0 Å². The molecule has 0 radical (unpaired) electrons. The first-order chi connectivity index (χ1) is 53.6. The highest BCUT2D eigenvalue weighted by Crippen LogP contribution is 2.45. The first kappa shape index (κ1) is 108. The summed E-state index contributed by atoms with van der Waals surface area (Å²) in [6.45, 7) is 7.45. The highest BCUT2D eigenvalue weighted by molar-refractivity contribution is 7.47. The van der Waals surface area contributed by atoms with Crippen molar-refractivity contribution in [3.8, 4) is 0 Å². The van der Waals surface area contributed by atoms with Gasteiger partial charge in [-0.3, -0.25) is 37.3 Å². The zero-order chi connectivity index (χ0) is 80.4. The maximum Gasteiger partial charge on any atom is 0.472 e. The van der Waals surface area contributed by atoms with E-state index in [1.54, 1.807) is 0 Å². The number of aliphatic hydroxyl groups excluding tert-OH is 1. The van der Waals surface area contributed by atoms with Gasteiger partial charge in [-0.05, 0) is 31.6 Å². The van der Waals surface area contributed by atoms with Crippen LogP contribution in [0.15, 0.2) is 0 Å². The van der Waals surface area contributed by atoms with Crippen molar-refractivity contribution < 1.29 is 80.2 Å². The van der Waals surface area contributed by atoms with Gasteiger partial charge in [0.15, 0.2) is 12.2 Å². The second kappa shape index (κ2) is 83.5. The van der Waals surface area contributed by atoms with Crippen LogP contribution in [0, 0.1) is 5.92 Å². The number of phosphoric ester groups is 2. The van der Waals surface area contributed by atoms with Crippen LogP contribution in [-0.4, -0.2) is 96.7 Å². The van der Waals surface area contributed by atoms with Crippen molar-refractivity contribution in [1.82, 2.24) is 0 Å². The number of aliphatic hydroxyl groups is 1. The molecule has 0 heterocycles. The van der Waals surface area contributed by atoms with Crippen molar-refractivity contribution in [2.75, 3.05) is 39.6 Å². The minimum Gasteiger partial charge on any atom is -0.462 e. The van der Waals surface area contributed by atoms with Crippen LogP contribution >= 0.6 is 15.6 Å². The van der Waals surface area contributed by atoms with E-state index < -0.39 is 97.5 Å². The monoisotopic (exact) mass is 1610 g/mol. The van der Waals surface area contributed by atoms with Crippen molar-refractivity contribution in [2.24, 2.45) is 5.92 Å². The molecule has 3 unspecified atom stereocenters. The maximum absolute atomic E-state index is 13.2. The summed E-state index contributed by atoms with van der Waals surface area (Å²) in [7, 11) is -9.93. The van der Waals surface area contributed by atoms with E-state index in [1.807, 2.05) is 0 Å². The highest BCUT2D eigenvalue weighted by atomic mass is 31.2. The number of esters is 4. The fourth-order valence-electron chi connectivity index (χ4n) is 14.3. The molecule has 17 nitrogen and oxygen atoms in total. The second-order valence-electron chi connectivity index (χ2n) is 32.9. The minimum absolute atomic E-state index is 0.109. The van der Waals surface area contributed by atoms with Crippen LogP contribution in [-0.2, 0) is 65.4 Å². The summed E-state index contributed by atoms with van der Waals surface area (Å²) in [4.78, 5) is 73.3. The Morgan fingerprint density at radius 2 is 0.436 bits per heavy atom. The average Bonchev–Trinajstić information content (AvgIpc) is 0.898. The summed E-state index contributed by atoms with van der Waals surface area (Å²) in [6, 6.07) is 0. The molecule has 0 spiro atoms. The zero-order valence-corrected chi connectivity index (χ0v) is 74.2. The molecule has 0 aromatic rings. The lowest BCUT2D eigenvalue weighted by molar-refractivity contribution is -0.161. The average molecular weight is 1610 g/mol. The largest absolute Gasteiger partial charge is 0.472 e. The van der Waals surface area contributed by atoms with Gasteiger partial charge in [0, 0.05) is 25.7 Å². The number of carbonyl (C=O) groups excluding carboxylic acids is 4. The summed E-state index contributed by atoms with van der Waals surface area (Å²) in [6.07, 6.45) is 79.3. The Bertz CT molecular complexity index is 2080. The lowest BCUT2D eigenvalue weighted by Gasteiger charge is -2.21. The molecule has 0 rings (SSSR count). The van der Waals surface area contributed by atoms with Crippen LogP contribution in [0.5, 0.6) is 0 Å². The van der Waals surface area contributed by atoms with Crippen LogP contribution in [0.25, 0.3) is 0 Å². The van der Waals surface area contributed by atoms with Gasteiger partial charge < -0.3 is 33.8 Å². The van der Waals surface area contributed by atoms with Crippen molar-refractivity contribution in [1.29, 1.82) is 0 Å². The van der Waals surface area contributed by atoms with Crippen molar-refractivity contribution >= 4 is 39.5 Å². The van der Waals surface area contributed by atoms with E-state index in [2.05, 4.69) is 34.6 Å². The molecule has 654 valence electrons.